The number of nitro benzene ring substituents is 1. The number of carbonyl (C=O) groups is 1. The van der Waals surface area contributed by atoms with Crippen LogP contribution in [0.25, 0.3) is 0 Å². The van der Waals surface area contributed by atoms with Gasteiger partial charge in [-0.15, -0.1) is 0 Å². The monoisotopic (exact) mass is 371 g/mol. The van der Waals surface area contributed by atoms with Crippen LogP contribution < -0.4 is 14.9 Å². The van der Waals surface area contributed by atoms with Crippen LogP contribution in [0.15, 0.2) is 41.5 Å². The smallest absolute Gasteiger partial charge is 0.315 e. The van der Waals surface area contributed by atoms with Gasteiger partial charge in [0.15, 0.2) is 5.75 Å². The highest BCUT2D eigenvalue weighted by molar-refractivity contribution is 5.95. The number of hydrazone groups is 1. The van der Waals surface area contributed by atoms with E-state index in [1.165, 1.54) is 12.3 Å². The standard InChI is InChI=1S/C19H21N3O5/c1-4-26-17-11-14(10-16(22(24)25)18(17)27-5-2)12-20-21-19(23)15-8-6-13(3)7-9-15/h6-12H,4-5H2,1-3H3,(H,21,23)/b20-12-. The zero-order valence-electron chi connectivity index (χ0n) is 15.4. The lowest BCUT2D eigenvalue weighted by molar-refractivity contribution is -0.385. The van der Waals surface area contributed by atoms with E-state index in [9.17, 15) is 14.9 Å². The summed E-state index contributed by atoms with van der Waals surface area (Å²) in [5, 5.41) is 15.2. The number of nitrogens with zero attached hydrogens (tertiary/aromatic N) is 2. The van der Waals surface area contributed by atoms with Gasteiger partial charge in [-0.25, -0.2) is 5.43 Å². The summed E-state index contributed by atoms with van der Waals surface area (Å²) in [4.78, 5) is 22.9. The third kappa shape index (κ3) is 5.27. The summed E-state index contributed by atoms with van der Waals surface area (Å²) in [6, 6.07) is 9.91. The minimum atomic E-state index is -0.546. The molecule has 2 aromatic carbocycles. The average Bonchev–Trinajstić information content (AvgIpc) is 2.64. The van der Waals surface area contributed by atoms with Crippen LogP contribution in [0.1, 0.15) is 35.3 Å². The molecule has 0 saturated carbocycles. The minimum Gasteiger partial charge on any atom is -0.490 e. The van der Waals surface area contributed by atoms with E-state index in [0.717, 1.165) is 5.56 Å². The SMILES string of the molecule is CCOc1cc(/C=N\NC(=O)c2ccc(C)cc2)cc([N+](=O)[O-])c1OCC. The molecule has 8 nitrogen and oxygen atoms in total. The molecule has 0 saturated heterocycles. The van der Waals surface area contributed by atoms with E-state index in [4.69, 9.17) is 9.47 Å². The van der Waals surface area contributed by atoms with Crippen LogP contribution in [-0.4, -0.2) is 30.3 Å². The van der Waals surface area contributed by atoms with Crippen molar-refractivity contribution in [2.45, 2.75) is 20.8 Å². The minimum absolute atomic E-state index is 0.0743. The molecule has 0 aliphatic rings. The molecule has 0 aliphatic carbocycles. The second-order valence-electron chi connectivity index (χ2n) is 5.56. The molecule has 1 N–H and O–H groups in total. The van der Waals surface area contributed by atoms with Crippen molar-refractivity contribution >= 4 is 17.8 Å². The van der Waals surface area contributed by atoms with Crippen molar-refractivity contribution in [1.82, 2.24) is 5.43 Å². The highest BCUT2D eigenvalue weighted by Gasteiger charge is 2.22. The summed E-state index contributed by atoms with van der Waals surface area (Å²) in [6.07, 6.45) is 1.32. The number of benzene rings is 2. The van der Waals surface area contributed by atoms with Gasteiger partial charge in [-0.3, -0.25) is 14.9 Å². The number of amides is 1. The van der Waals surface area contributed by atoms with Gasteiger partial charge in [-0.2, -0.15) is 5.10 Å². The average molecular weight is 371 g/mol. The molecule has 0 spiro atoms. The van der Waals surface area contributed by atoms with Gasteiger partial charge in [0.05, 0.1) is 24.4 Å². The predicted molar refractivity (Wildman–Crippen MR) is 102 cm³/mol. The van der Waals surface area contributed by atoms with Gasteiger partial charge in [0.2, 0.25) is 5.75 Å². The van der Waals surface area contributed by atoms with Gasteiger partial charge in [-0.05, 0) is 39.0 Å². The van der Waals surface area contributed by atoms with Crippen molar-refractivity contribution in [3.8, 4) is 11.5 Å². The van der Waals surface area contributed by atoms with E-state index in [1.807, 2.05) is 19.1 Å². The van der Waals surface area contributed by atoms with Gasteiger partial charge >= 0.3 is 5.69 Å². The molecule has 2 rings (SSSR count). The Morgan fingerprint density at radius 3 is 2.44 bits per heavy atom. The fourth-order valence-corrected chi connectivity index (χ4v) is 2.31. The number of hydrogen-bond donors (Lipinski definition) is 1. The molecule has 2 aromatic rings. The maximum Gasteiger partial charge on any atom is 0.315 e. The molecule has 0 aliphatic heterocycles. The maximum atomic E-state index is 12.1. The van der Waals surface area contributed by atoms with Crippen LogP contribution in [0.4, 0.5) is 5.69 Å². The Hall–Kier alpha value is -3.42. The lowest BCUT2D eigenvalue weighted by Crippen LogP contribution is -2.17. The van der Waals surface area contributed by atoms with Crippen molar-refractivity contribution in [3.63, 3.8) is 0 Å². The summed E-state index contributed by atoms with van der Waals surface area (Å²) in [5.41, 5.74) is 4.07. The van der Waals surface area contributed by atoms with Crippen molar-refractivity contribution in [3.05, 3.63) is 63.2 Å². The highest BCUT2D eigenvalue weighted by atomic mass is 16.6. The molecule has 1 amide bonds. The fourth-order valence-electron chi connectivity index (χ4n) is 2.31. The fraction of sp³-hybridized carbons (Fsp3) is 0.263. The number of nitro groups is 1. The molecule has 0 heterocycles. The second-order valence-corrected chi connectivity index (χ2v) is 5.56. The Balaban J connectivity index is 2.24. The number of nitrogens with one attached hydrogen (secondary N) is 1. The van der Waals surface area contributed by atoms with Crippen molar-refractivity contribution in [2.24, 2.45) is 5.10 Å². The maximum absolute atomic E-state index is 12.1. The molecule has 27 heavy (non-hydrogen) atoms. The highest BCUT2D eigenvalue weighted by Crippen LogP contribution is 2.38. The zero-order chi connectivity index (χ0) is 19.8. The van der Waals surface area contributed by atoms with E-state index >= 15 is 0 Å². The van der Waals surface area contributed by atoms with Crippen LogP contribution in [-0.2, 0) is 0 Å². The largest absolute Gasteiger partial charge is 0.490 e. The summed E-state index contributed by atoms with van der Waals surface area (Å²) in [7, 11) is 0. The molecule has 0 aromatic heterocycles. The topological polar surface area (TPSA) is 103 Å². The predicted octanol–water partition coefficient (Wildman–Crippen LogP) is 3.46. The van der Waals surface area contributed by atoms with Gasteiger partial charge in [-0.1, -0.05) is 17.7 Å². The molecule has 142 valence electrons. The van der Waals surface area contributed by atoms with E-state index in [1.54, 1.807) is 32.0 Å². The number of rotatable bonds is 8. The van der Waals surface area contributed by atoms with Crippen molar-refractivity contribution < 1.29 is 19.2 Å². The Kier molecular flexibility index (Phi) is 6.87. The summed E-state index contributed by atoms with van der Waals surface area (Å²) >= 11 is 0. The van der Waals surface area contributed by atoms with Crippen molar-refractivity contribution in [1.29, 1.82) is 0 Å². The summed E-state index contributed by atoms with van der Waals surface area (Å²) in [5.74, 6) is -0.0539. The van der Waals surface area contributed by atoms with Gasteiger partial charge in [0.25, 0.3) is 5.91 Å². The molecule has 0 atom stereocenters. The molecule has 0 fully saturated rings. The first-order valence-corrected chi connectivity index (χ1v) is 8.44. The molecular weight excluding hydrogens is 350 g/mol. The van der Waals surface area contributed by atoms with Crippen LogP contribution in [0.3, 0.4) is 0 Å². The first kappa shape index (κ1) is 19.9. The van der Waals surface area contributed by atoms with Crippen LogP contribution >= 0.6 is 0 Å². The normalized spacial score (nSPS) is 10.6. The number of ether oxygens (including phenoxy) is 2. The Morgan fingerprint density at radius 1 is 1.19 bits per heavy atom. The number of carbonyl (C=O) groups excluding carboxylic acids is 1. The molecular formula is C19H21N3O5. The Morgan fingerprint density at radius 2 is 1.85 bits per heavy atom. The molecule has 0 unspecified atom stereocenters. The Labute approximate surface area is 157 Å². The number of hydrogen-bond acceptors (Lipinski definition) is 6. The molecule has 8 heteroatoms. The Bertz CT molecular complexity index is 847. The summed E-state index contributed by atoms with van der Waals surface area (Å²) < 4.78 is 10.8. The molecule has 0 bridgehead atoms. The van der Waals surface area contributed by atoms with Crippen LogP contribution in [0.5, 0.6) is 11.5 Å². The third-order valence-corrected chi connectivity index (χ3v) is 3.54. The summed E-state index contributed by atoms with van der Waals surface area (Å²) in [6.45, 7) is 6.01. The first-order chi connectivity index (χ1) is 13.0. The van der Waals surface area contributed by atoms with E-state index in [-0.39, 0.29) is 29.7 Å². The number of aryl methyl sites for hydroxylation is 1. The van der Waals surface area contributed by atoms with Crippen LogP contribution in [0, 0.1) is 17.0 Å². The van der Waals surface area contributed by atoms with Gasteiger partial charge in [0.1, 0.15) is 0 Å². The van der Waals surface area contributed by atoms with Crippen molar-refractivity contribution in [2.75, 3.05) is 13.2 Å². The quantitative estimate of drug-likeness (QED) is 0.435. The van der Waals surface area contributed by atoms with E-state index < -0.39 is 4.92 Å². The lowest BCUT2D eigenvalue weighted by Gasteiger charge is -2.11. The second kappa shape index (κ2) is 9.33. The van der Waals surface area contributed by atoms with Gasteiger partial charge < -0.3 is 9.47 Å². The lowest BCUT2D eigenvalue weighted by atomic mass is 10.1. The first-order valence-electron chi connectivity index (χ1n) is 8.44. The van der Waals surface area contributed by atoms with Crippen LogP contribution in [0.2, 0.25) is 0 Å². The third-order valence-electron chi connectivity index (χ3n) is 3.54. The van der Waals surface area contributed by atoms with E-state index in [2.05, 4.69) is 10.5 Å². The molecule has 0 radical (unpaired) electrons. The zero-order valence-corrected chi connectivity index (χ0v) is 15.4. The van der Waals surface area contributed by atoms with E-state index in [0.29, 0.717) is 17.7 Å². The van der Waals surface area contributed by atoms with Gasteiger partial charge in [0, 0.05) is 17.2 Å².